The van der Waals surface area contributed by atoms with Crippen LogP contribution in [0.1, 0.15) is 18.4 Å². The number of rotatable bonds is 4. The van der Waals surface area contributed by atoms with Crippen molar-refractivity contribution in [2.45, 2.75) is 12.8 Å². The van der Waals surface area contributed by atoms with E-state index in [-0.39, 0.29) is 17.8 Å². The van der Waals surface area contributed by atoms with Crippen LogP contribution in [0, 0.1) is 5.92 Å². The number of thioether (sulfide) groups is 2. The van der Waals surface area contributed by atoms with Crippen molar-refractivity contribution >= 4 is 29.5 Å². The Kier molecular flexibility index (Phi) is 4.99. The number of hydrogen-bond acceptors (Lipinski definition) is 4. The number of hydrogen-bond donors (Lipinski definition) is 0. The van der Waals surface area contributed by atoms with Crippen molar-refractivity contribution in [3.63, 3.8) is 0 Å². The summed E-state index contributed by atoms with van der Waals surface area (Å²) in [6.07, 6.45) is 4.02. The molecule has 2 atom stereocenters. The standard InChI is InChI=1S/C15H18O2S2/c1-10(11-7-5-4-6-8-11)12-9-17-14(16)13(12)15(18-2)19-3/h4-8,10,12H,9H2,1-3H3. The fourth-order valence-corrected chi connectivity index (χ4v) is 3.98. The Morgan fingerprint density at radius 1 is 1.26 bits per heavy atom. The number of esters is 1. The summed E-state index contributed by atoms with van der Waals surface area (Å²) in [7, 11) is 0. The summed E-state index contributed by atoms with van der Waals surface area (Å²) in [5, 5.41) is 0. The molecular formula is C15H18O2S2. The molecule has 0 bridgehead atoms. The van der Waals surface area contributed by atoms with Crippen LogP contribution in [0.5, 0.6) is 0 Å². The second-order valence-electron chi connectivity index (χ2n) is 4.51. The first kappa shape index (κ1) is 14.5. The van der Waals surface area contributed by atoms with Gasteiger partial charge in [-0.2, -0.15) is 0 Å². The van der Waals surface area contributed by atoms with Crippen molar-refractivity contribution in [1.29, 1.82) is 0 Å². The molecule has 102 valence electrons. The van der Waals surface area contributed by atoms with Crippen LogP contribution in [0.3, 0.4) is 0 Å². The monoisotopic (exact) mass is 294 g/mol. The van der Waals surface area contributed by atoms with Crippen LogP contribution < -0.4 is 0 Å². The molecule has 2 rings (SSSR count). The average Bonchev–Trinajstić information content (AvgIpc) is 2.83. The van der Waals surface area contributed by atoms with E-state index in [2.05, 4.69) is 19.1 Å². The molecule has 1 aliphatic heterocycles. The molecule has 0 radical (unpaired) electrons. The topological polar surface area (TPSA) is 26.3 Å². The summed E-state index contributed by atoms with van der Waals surface area (Å²) in [5.74, 6) is 0.299. The molecular weight excluding hydrogens is 276 g/mol. The Labute approximate surface area is 123 Å². The second-order valence-corrected chi connectivity index (χ2v) is 6.41. The zero-order chi connectivity index (χ0) is 13.8. The lowest BCUT2D eigenvalue weighted by Gasteiger charge is -2.19. The smallest absolute Gasteiger partial charge is 0.336 e. The number of ether oxygens (including phenoxy) is 1. The van der Waals surface area contributed by atoms with Gasteiger partial charge in [0, 0.05) is 5.92 Å². The van der Waals surface area contributed by atoms with Crippen LogP contribution in [-0.2, 0) is 9.53 Å². The van der Waals surface area contributed by atoms with E-state index in [9.17, 15) is 4.79 Å². The Morgan fingerprint density at radius 2 is 1.89 bits per heavy atom. The van der Waals surface area contributed by atoms with E-state index in [1.165, 1.54) is 5.56 Å². The van der Waals surface area contributed by atoms with E-state index in [1.807, 2.05) is 30.7 Å². The van der Waals surface area contributed by atoms with E-state index in [0.717, 1.165) is 9.81 Å². The molecule has 0 amide bonds. The maximum Gasteiger partial charge on any atom is 0.336 e. The van der Waals surface area contributed by atoms with Crippen LogP contribution in [0.25, 0.3) is 0 Å². The van der Waals surface area contributed by atoms with Crippen LogP contribution >= 0.6 is 23.5 Å². The van der Waals surface area contributed by atoms with Crippen molar-refractivity contribution in [3.8, 4) is 0 Å². The maximum absolute atomic E-state index is 12.0. The van der Waals surface area contributed by atoms with E-state index in [0.29, 0.717) is 6.61 Å². The Bertz CT molecular complexity index is 476. The molecule has 0 spiro atoms. The van der Waals surface area contributed by atoms with E-state index >= 15 is 0 Å². The average molecular weight is 294 g/mol. The van der Waals surface area contributed by atoms with Gasteiger partial charge in [-0.05, 0) is 24.0 Å². The van der Waals surface area contributed by atoms with E-state index in [4.69, 9.17) is 4.74 Å². The molecule has 1 saturated heterocycles. The largest absolute Gasteiger partial charge is 0.462 e. The van der Waals surface area contributed by atoms with Gasteiger partial charge < -0.3 is 4.74 Å². The predicted molar refractivity (Wildman–Crippen MR) is 83.4 cm³/mol. The minimum atomic E-state index is -0.147. The van der Waals surface area contributed by atoms with Gasteiger partial charge in [0.1, 0.15) is 0 Å². The van der Waals surface area contributed by atoms with Crippen LogP contribution in [0.2, 0.25) is 0 Å². The van der Waals surface area contributed by atoms with Crippen molar-refractivity contribution in [2.75, 3.05) is 19.1 Å². The van der Waals surface area contributed by atoms with Gasteiger partial charge in [-0.15, -0.1) is 23.5 Å². The van der Waals surface area contributed by atoms with E-state index in [1.54, 1.807) is 23.5 Å². The third-order valence-corrected chi connectivity index (χ3v) is 5.69. The van der Waals surface area contributed by atoms with Crippen LogP contribution in [0.4, 0.5) is 0 Å². The summed E-state index contributed by atoms with van der Waals surface area (Å²) >= 11 is 3.26. The van der Waals surface area contributed by atoms with Gasteiger partial charge in [-0.3, -0.25) is 0 Å². The Hall–Kier alpha value is -0.870. The molecule has 0 N–H and O–H groups in total. The van der Waals surface area contributed by atoms with E-state index < -0.39 is 0 Å². The molecule has 1 aliphatic rings. The van der Waals surface area contributed by atoms with Crippen molar-refractivity contribution < 1.29 is 9.53 Å². The molecule has 0 aliphatic carbocycles. The Morgan fingerprint density at radius 3 is 2.47 bits per heavy atom. The molecule has 4 heteroatoms. The molecule has 1 aromatic carbocycles. The lowest BCUT2D eigenvalue weighted by atomic mass is 9.85. The molecule has 1 aromatic rings. The third kappa shape index (κ3) is 3.00. The van der Waals surface area contributed by atoms with Crippen LogP contribution in [0.15, 0.2) is 40.1 Å². The highest BCUT2D eigenvalue weighted by molar-refractivity contribution is 8.21. The molecule has 2 nitrogen and oxygen atoms in total. The second kappa shape index (κ2) is 6.53. The summed E-state index contributed by atoms with van der Waals surface area (Å²) < 4.78 is 6.36. The number of carbonyl (C=O) groups is 1. The molecule has 2 unspecified atom stereocenters. The van der Waals surface area contributed by atoms with Gasteiger partial charge >= 0.3 is 5.97 Å². The predicted octanol–water partition coefficient (Wildman–Crippen LogP) is 3.90. The van der Waals surface area contributed by atoms with Gasteiger partial charge in [0.15, 0.2) is 0 Å². The summed E-state index contributed by atoms with van der Waals surface area (Å²) in [4.78, 5) is 12.0. The lowest BCUT2D eigenvalue weighted by Crippen LogP contribution is -2.13. The minimum Gasteiger partial charge on any atom is -0.462 e. The SMILES string of the molecule is CSC(SC)=C1C(=O)OCC1C(C)c1ccccc1. The molecule has 0 aromatic heterocycles. The highest BCUT2D eigenvalue weighted by Crippen LogP contribution is 2.41. The maximum atomic E-state index is 12.0. The minimum absolute atomic E-state index is 0.147. The highest BCUT2D eigenvalue weighted by atomic mass is 32.2. The summed E-state index contributed by atoms with van der Waals surface area (Å²) in [6, 6.07) is 10.3. The van der Waals surface area contributed by atoms with Crippen LogP contribution in [-0.4, -0.2) is 25.1 Å². The van der Waals surface area contributed by atoms with Gasteiger partial charge in [0.25, 0.3) is 0 Å². The van der Waals surface area contributed by atoms with Gasteiger partial charge in [-0.1, -0.05) is 37.3 Å². The fraction of sp³-hybridized carbons (Fsp3) is 0.400. The van der Waals surface area contributed by atoms with Crippen molar-refractivity contribution in [3.05, 3.63) is 45.7 Å². The normalized spacial score (nSPS) is 20.3. The summed E-state index contributed by atoms with van der Waals surface area (Å²) in [6.45, 7) is 2.66. The molecule has 0 saturated carbocycles. The van der Waals surface area contributed by atoms with Gasteiger partial charge in [0.2, 0.25) is 0 Å². The highest BCUT2D eigenvalue weighted by Gasteiger charge is 2.37. The Balaban J connectivity index is 2.34. The molecule has 1 heterocycles. The first-order valence-electron chi connectivity index (χ1n) is 6.23. The zero-order valence-corrected chi connectivity index (χ0v) is 13.0. The number of carbonyl (C=O) groups excluding carboxylic acids is 1. The summed E-state index contributed by atoms with van der Waals surface area (Å²) in [5.41, 5.74) is 2.11. The zero-order valence-electron chi connectivity index (χ0n) is 11.4. The van der Waals surface area contributed by atoms with Gasteiger partial charge in [0.05, 0.1) is 16.4 Å². The van der Waals surface area contributed by atoms with Gasteiger partial charge in [-0.25, -0.2) is 4.79 Å². The number of benzene rings is 1. The first-order valence-corrected chi connectivity index (χ1v) is 8.68. The molecule has 19 heavy (non-hydrogen) atoms. The molecule has 1 fully saturated rings. The number of cyclic esters (lactones) is 1. The van der Waals surface area contributed by atoms with Crippen molar-refractivity contribution in [2.24, 2.45) is 5.92 Å². The van der Waals surface area contributed by atoms with Crippen molar-refractivity contribution in [1.82, 2.24) is 0 Å². The quantitative estimate of drug-likeness (QED) is 0.621. The fourth-order valence-electron chi connectivity index (χ4n) is 2.40. The lowest BCUT2D eigenvalue weighted by molar-refractivity contribution is -0.135. The third-order valence-electron chi connectivity index (χ3n) is 3.50. The first-order chi connectivity index (χ1) is 9.19.